The van der Waals surface area contributed by atoms with Crippen molar-refractivity contribution >= 4 is 28.8 Å². The van der Waals surface area contributed by atoms with E-state index in [-0.39, 0.29) is 34.6 Å². The molecule has 39 heavy (non-hydrogen) atoms. The summed E-state index contributed by atoms with van der Waals surface area (Å²) in [6.07, 6.45) is 4.27. The maximum Gasteiger partial charge on any atom is 0.261 e. The Morgan fingerprint density at radius 1 is 1.05 bits per heavy atom. The number of carbonyl (C=O) groups excluding carboxylic acids is 2. The molecule has 2 saturated carbocycles. The Hall–Kier alpha value is -2.58. The van der Waals surface area contributed by atoms with Crippen LogP contribution >= 0.6 is 11.3 Å². The number of amides is 2. The first-order valence-electron chi connectivity index (χ1n) is 14.3. The molecule has 0 bridgehead atoms. The van der Waals surface area contributed by atoms with Gasteiger partial charge in [0.15, 0.2) is 0 Å². The molecule has 1 aromatic carbocycles. The first-order valence-corrected chi connectivity index (χ1v) is 15.2. The lowest BCUT2D eigenvalue weighted by atomic mass is 9.57. The van der Waals surface area contributed by atoms with Crippen LogP contribution in [0.25, 0.3) is 0 Å². The maximum absolute atomic E-state index is 13.5. The molecule has 3 aliphatic rings. The Labute approximate surface area is 236 Å². The summed E-state index contributed by atoms with van der Waals surface area (Å²) in [6.45, 7) is 9.40. The van der Waals surface area contributed by atoms with Gasteiger partial charge in [0.05, 0.1) is 23.3 Å². The molecule has 0 radical (unpaired) electrons. The summed E-state index contributed by atoms with van der Waals surface area (Å²) in [4.78, 5) is 31.7. The van der Waals surface area contributed by atoms with Crippen LogP contribution in [0.15, 0.2) is 41.8 Å². The lowest BCUT2D eigenvalue weighted by molar-refractivity contribution is -0.133. The number of fused-ring (bicyclic) bond motifs is 1. The van der Waals surface area contributed by atoms with Gasteiger partial charge in [0.2, 0.25) is 5.91 Å². The van der Waals surface area contributed by atoms with Crippen LogP contribution in [0.3, 0.4) is 0 Å². The Bertz CT molecular complexity index is 1170. The van der Waals surface area contributed by atoms with Crippen molar-refractivity contribution in [2.75, 3.05) is 38.2 Å². The van der Waals surface area contributed by atoms with Crippen LogP contribution < -0.4 is 15.0 Å². The number of benzene rings is 1. The predicted octanol–water partition coefficient (Wildman–Crippen LogP) is 4.95. The SMILES string of the molecule is COc1ccccc1N1CCN(C(=O)CC[C@]23CC[C@](C)(O)C[C@H]2C(C)(C)C[C@@H]3NC(=O)c2cccs2)CC1. The van der Waals surface area contributed by atoms with Crippen LogP contribution in [-0.2, 0) is 4.79 Å². The minimum absolute atomic E-state index is 0.0154. The summed E-state index contributed by atoms with van der Waals surface area (Å²) in [5, 5.41) is 16.4. The molecule has 2 aliphatic carbocycles. The summed E-state index contributed by atoms with van der Waals surface area (Å²) < 4.78 is 5.54. The summed E-state index contributed by atoms with van der Waals surface area (Å²) in [7, 11) is 1.69. The molecule has 2 amide bonds. The molecule has 2 heterocycles. The number of nitrogens with one attached hydrogen (secondary N) is 1. The summed E-state index contributed by atoms with van der Waals surface area (Å²) >= 11 is 1.46. The minimum Gasteiger partial charge on any atom is -0.495 e. The molecule has 3 fully saturated rings. The third-order valence-corrected chi connectivity index (χ3v) is 10.6. The number of hydrogen-bond acceptors (Lipinski definition) is 6. The fraction of sp³-hybridized carbons (Fsp3) is 0.613. The summed E-state index contributed by atoms with van der Waals surface area (Å²) in [6, 6.07) is 11.8. The maximum atomic E-state index is 13.5. The van der Waals surface area contributed by atoms with Gasteiger partial charge in [0.1, 0.15) is 5.75 Å². The van der Waals surface area contributed by atoms with Gasteiger partial charge in [-0.05, 0) is 79.4 Å². The first-order chi connectivity index (χ1) is 18.5. The van der Waals surface area contributed by atoms with E-state index < -0.39 is 5.60 Å². The van der Waals surface area contributed by atoms with Gasteiger partial charge in [0, 0.05) is 38.6 Å². The number of rotatable bonds is 7. The Morgan fingerprint density at radius 3 is 2.49 bits per heavy atom. The number of para-hydroxylation sites is 2. The topological polar surface area (TPSA) is 82.1 Å². The van der Waals surface area contributed by atoms with E-state index in [9.17, 15) is 14.7 Å². The average Bonchev–Trinajstić information content (AvgIpc) is 3.53. The molecule has 1 aliphatic heterocycles. The lowest BCUT2D eigenvalue weighted by Gasteiger charge is -2.51. The van der Waals surface area contributed by atoms with Crippen molar-refractivity contribution in [1.82, 2.24) is 10.2 Å². The van der Waals surface area contributed by atoms with Crippen molar-refractivity contribution in [3.8, 4) is 5.75 Å². The third kappa shape index (κ3) is 5.55. The van der Waals surface area contributed by atoms with Crippen molar-refractivity contribution in [3.05, 3.63) is 46.7 Å². The van der Waals surface area contributed by atoms with Crippen molar-refractivity contribution in [2.45, 2.75) is 70.9 Å². The number of carbonyl (C=O) groups is 2. The van der Waals surface area contributed by atoms with Crippen molar-refractivity contribution < 1.29 is 19.4 Å². The molecule has 4 atom stereocenters. The van der Waals surface area contributed by atoms with Gasteiger partial charge < -0.3 is 25.0 Å². The minimum atomic E-state index is -0.711. The molecule has 8 heteroatoms. The molecule has 7 nitrogen and oxygen atoms in total. The molecule has 0 unspecified atom stereocenters. The molecule has 1 saturated heterocycles. The van der Waals surface area contributed by atoms with Crippen molar-refractivity contribution in [2.24, 2.45) is 16.7 Å². The van der Waals surface area contributed by atoms with E-state index in [0.717, 1.165) is 48.7 Å². The number of ether oxygens (including phenoxy) is 1. The van der Waals surface area contributed by atoms with Crippen LogP contribution in [0.2, 0.25) is 0 Å². The Morgan fingerprint density at radius 2 is 1.79 bits per heavy atom. The fourth-order valence-corrected chi connectivity index (χ4v) is 8.28. The number of hydrogen-bond donors (Lipinski definition) is 2. The van der Waals surface area contributed by atoms with E-state index in [1.165, 1.54) is 11.3 Å². The van der Waals surface area contributed by atoms with E-state index in [0.29, 0.717) is 32.4 Å². The molecule has 1 aromatic heterocycles. The zero-order chi connectivity index (χ0) is 27.8. The molecule has 0 spiro atoms. The second-order valence-electron chi connectivity index (χ2n) is 12.7. The van der Waals surface area contributed by atoms with E-state index >= 15 is 0 Å². The van der Waals surface area contributed by atoms with Gasteiger partial charge in [0.25, 0.3) is 5.91 Å². The number of aliphatic hydroxyl groups is 1. The highest BCUT2D eigenvalue weighted by molar-refractivity contribution is 7.12. The third-order valence-electron chi connectivity index (χ3n) is 9.75. The van der Waals surface area contributed by atoms with Crippen molar-refractivity contribution in [3.63, 3.8) is 0 Å². The highest BCUT2D eigenvalue weighted by Gasteiger charge is 2.61. The quantitative estimate of drug-likeness (QED) is 0.507. The van der Waals surface area contributed by atoms with Crippen LogP contribution in [0.5, 0.6) is 5.75 Å². The number of thiophene rings is 1. The molecular weight excluding hydrogens is 510 g/mol. The second-order valence-corrected chi connectivity index (χ2v) is 13.7. The van der Waals surface area contributed by atoms with E-state index in [4.69, 9.17) is 4.74 Å². The van der Waals surface area contributed by atoms with Gasteiger partial charge >= 0.3 is 0 Å². The summed E-state index contributed by atoms with van der Waals surface area (Å²) in [5.74, 6) is 1.25. The predicted molar refractivity (Wildman–Crippen MR) is 155 cm³/mol. The van der Waals surface area contributed by atoms with Crippen LogP contribution in [0.4, 0.5) is 5.69 Å². The molecule has 2 N–H and O–H groups in total. The highest BCUT2D eigenvalue weighted by Crippen LogP contribution is 2.64. The van der Waals surface area contributed by atoms with Gasteiger partial charge in [-0.25, -0.2) is 0 Å². The second kappa shape index (κ2) is 10.8. The van der Waals surface area contributed by atoms with E-state index in [2.05, 4.69) is 30.1 Å². The molecular formula is C31H43N3O4S. The number of anilines is 1. The lowest BCUT2D eigenvalue weighted by Crippen LogP contribution is -2.53. The van der Waals surface area contributed by atoms with E-state index in [1.54, 1.807) is 7.11 Å². The average molecular weight is 554 g/mol. The number of nitrogens with zero attached hydrogens (tertiary/aromatic N) is 2. The Balaban J connectivity index is 1.28. The van der Waals surface area contributed by atoms with E-state index in [1.807, 2.05) is 47.5 Å². The smallest absolute Gasteiger partial charge is 0.261 e. The number of methoxy groups -OCH3 is 1. The summed E-state index contributed by atoms with van der Waals surface area (Å²) in [5.41, 5.74) is 0.117. The highest BCUT2D eigenvalue weighted by atomic mass is 32.1. The Kier molecular flexibility index (Phi) is 7.72. The van der Waals surface area contributed by atoms with Crippen LogP contribution in [0.1, 0.15) is 69.0 Å². The van der Waals surface area contributed by atoms with Crippen LogP contribution in [0, 0.1) is 16.7 Å². The normalized spacial score (nSPS) is 30.1. The zero-order valence-corrected chi connectivity index (χ0v) is 24.6. The largest absolute Gasteiger partial charge is 0.495 e. The molecule has 5 rings (SSSR count). The molecule has 212 valence electrons. The monoisotopic (exact) mass is 553 g/mol. The van der Waals surface area contributed by atoms with Gasteiger partial charge in [-0.1, -0.05) is 32.0 Å². The fourth-order valence-electron chi connectivity index (χ4n) is 7.66. The molecule has 2 aromatic rings. The standard InChI is InChI=1S/C31H43N3O4S/c1-29(2)21-26(32-28(36)24-10-7-19-39-24)31(14-13-30(3,37)20-25(29)31)12-11-27(35)34-17-15-33(16-18-34)22-8-5-6-9-23(22)38-4/h5-10,19,25-26,37H,11-18,20-21H2,1-4H3,(H,32,36)/t25-,26-,30-,31-/m0/s1. The number of piperazine rings is 1. The first kappa shape index (κ1) is 28.0. The van der Waals surface area contributed by atoms with Gasteiger partial charge in [-0.3, -0.25) is 9.59 Å². The van der Waals surface area contributed by atoms with Gasteiger partial charge in [-0.2, -0.15) is 0 Å². The van der Waals surface area contributed by atoms with Gasteiger partial charge in [-0.15, -0.1) is 11.3 Å². The van der Waals surface area contributed by atoms with Crippen LogP contribution in [-0.4, -0.2) is 66.8 Å². The zero-order valence-electron chi connectivity index (χ0n) is 23.7. The van der Waals surface area contributed by atoms with Crippen molar-refractivity contribution in [1.29, 1.82) is 0 Å².